The van der Waals surface area contributed by atoms with Crippen LogP contribution in [0.2, 0.25) is 0 Å². The first-order valence-electron chi connectivity index (χ1n) is 5.62. The van der Waals surface area contributed by atoms with Gasteiger partial charge in [0.25, 0.3) is 5.56 Å². The number of rotatable bonds is 2. The first kappa shape index (κ1) is 11.6. The third kappa shape index (κ3) is 2.46. The van der Waals surface area contributed by atoms with Crippen LogP contribution in [-0.4, -0.2) is 33.6 Å². The number of carboxylic acid groups (broad SMARTS) is 1. The van der Waals surface area contributed by atoms with Crippen LogP contribution < -0.4 is 10.5 Å². The molecule has 1 fully saturated rings. The maximum atomic E-state index is 11.2. The third-order valence-corrected chi connectivity index (χ3v) is 3.11. The van der Waals surface area contributed by atoms with E-state index < -0.39 is 12.0 Å². The van der Waals surface area contributed by atoms with Crippen LogP contribution in [0.3, 0.4) is 0 Å². The van der Waals surface area contributed by atoms with E-state index in [4.69, 9.17) is 0 Å². The van der Waals surface area contributed by atoms with Crippen LogP contribution in [0, 0.1) is 5.92 Å². The van der Waals surface area contributed by atoms with Crippen LogP contribution in [-0.2, 0) is 4.79 Å². The van der Waals surface area contributed by atoms with Gasteiger partial charge in [0.05, 0.1) is 6.33 Å². The molecule has 2 unspecified atom stereocenters. The lowest BCUT2D eigenvalue weighted by molar-refractivity contribution is -0.139. The summed E-state index contributed by atoms with van der Waals surface area (Å²) in [6, 6.07) is 0.749. The second kappa shape index (κ2) is 4.57. The molecule has 0 spiro atoms. The van der Waals surface area contributed by atoms with Crippen molar-refractivity contribution in [2.75, 3.05) is 11.4 Å². The van der Waals surface area contributed by atoms with Gasteiger partial charge in [0.1, 0.15) is 11.9 Å². The molecule has 0 aliphatic carbocycles. The lowest BCUT2D eigenvalue weighted by Gasteiger charge is -2.36. The second-order valence-corrected chi connectivity index (χ2v) is 4.45. The Hall–Kier alpha value is -1.85. The zero-order valence-corrected chi connectivity index (χ0v) is 9.59. The molecular formula is C11H15N3O3. The first-order valence-corrected chi connectivity index (χ1v) is 5.62. The molecule has 2 heterocycles. The summed E-state index contributed by atoms with van der Waals surface area (Å²) in [6.07, 6.45) is 2.80. The highest BCUT2D eigenvalue weighted by Crippen LogP contribution is 2.25. The predicted octanol–water partition coefficient (Wildman–Crippen LogP) is 0.459. The van der Waals surface area contributed by atoms with Gasteiger partial charge in [-0.15, -0.1) is 0 Å². The van der Waals surface area contributed by atoms with E-state index in [1.54, 1.807) is 4.90 Å². The van der Waals surface area contributed by atoms with Crippen LogP contribution in [0.4, 0.5) is 5.82 Å². The number of carbonyl (C=O) groups is 1. The van der Waals surface area contributed by atoms with Crippen molar-refractivity contribution in [1.82, 2.24) is 9.97 Å². The Morgan fingerprint density at radius 2 is 2.41 bits per heavy atom. The number of hydrogen-bond donors (Lipinski definition) is 2. The lowest BCUT2D eigenvalue weighted by atomic mass is 9.92. The summed E-state index contributed by atoms with van der Waals surface area (Å²) in [7, 11) is 0. The van der Waals surface area contributed by atoms with Crippen molar-refractivity contribution in [3.63, 3.8) is 0 Å². The number of hydrogen-bond acceptors (Lipinski definition) is 4. The third-order valence-electron chi connectivity index (χ3n) is 3.11. The van der Waals surface area contributed by atoms with Crippen LogP contribution >= 0.6 is 0 Å². The summed E-state index contributed by atoms with van der Waals surface area (Å²) in [5.41, 5.74) is -0.266. The van der Waals surface area contributed by atoms with Crippen molar-refractivity contribution in [1.29, 1.82) is 0 Å². The molecule has 6 heteroatoms. The van der Waals surface area contributed by atoms with Gasteiger partial charge in [-0.05, 0) is 18.8 Å². The predicted molar refractivity (Wildman–Crippen MR) is 62.0 cm³/mol. The van der Waals surface area contributed by atoms with Gasteiger partial charge >= 0.3 is 5.97 Å². The highest BCUT2D eigenvalue weighted by molar-refractivity contribution is 5.78. The molecule has 1 saturated heterocycles. The molecule has 17 heavy (non-hydrogen) atoms. The van der Waals surface area contributed by atoms with E-state index in [9.17, 15) is 14.7 Å². The number of aromatic nitrogens is 2. The zero-order valence-electron chi connectivity index (χ0n) is 9.59. The highest BCUT2D eigenvalue weighted by atomic mass is 16.4. The normalized spacial score (nSPS) is 24.6. The summed E-state index contributed by atoms with van der Waals surface area (Å²) in [6.45, 7) is 2.66. The molecule has 1 aromatic rings. The minimum Gasteiger partial charge on any atom is -0.480 e. The van der Waals surface area contributed by atoms with Gasteiger partial charge in [-0.2, -0.15) is 0 Å². The Balaban J connectivity index is 2.29. The van der Waals surface area contributed by atoms with Crippen molar-refractivity contribution in [2.45, 2.75) is 25.8 Å². The molecule has 2 N–H and O–H groups in total. The largest absolute Gasteiger partial charge is 0.480 e. The molecule has 1 aliphatic rings. The Bertz CT molecular complexity index is 471. The molecule has 0 radical (unpaired) electrons. The fourth-order valence-corrected chi connectivity index (χ4v) is 2.17. The maximum absolute atomic E-state index is 11.2. The quantitative estimate of drug-likeness (QED) is 0.780. The number of aromatic amines is 1. The van der Waals surface area contributed by atoms with E-state index in [-0.39, 0.29) is 5.56 Å². The van der Waals surface area contributed by atoms with E-state index in [0.29, 0.717) is 24.7 Å². The zero-order chi connectivity index (χ0) is 12.4. The summed E-state index contributed by atoms with van der Waals surface area (Å²) >= 11 is 0. The van der Waals surface area contributed by atoms with E-state index in [0.717, 1.165) is 6.42 Å². The summed E-state index contributed by atoms with van der Waals surface area (Å²) in [5.74, 6) is -0.0407. The monoisotopic (exact) mass is 237 g/mol. The van der Waals surface area contributed by atoms with Crippen molar-refractivity contribution >= 4 is 11.8 Å². The van der Waals surface area contributed by atoms with Crippen molar-refractivity contribution in [2.24, 2.45) is 5.92 Å². The Kier molecular flexibility index (Phi) is 3.12. The summed E-state index contributed by atoms with van der Waals surface area (Å²) in [5, 5.41) is 9.20. The topological polar surface area (TPSA) is 86.3 Å². The Morgan fingerprint density at radius 1 is 1.65 bits per heavy atom. The Labute approximate surface area is 98.3 Å². The number of anilines is 1. The molecule has 1 aliphatic heterocycles. The maximum Gasteiger partial charge on any atom is 0.326 e. The molecule has 0 aromatic carbocycles. The molecule has 1 aromatic heterocycles. The van der Waals surface area contributed by atoms with Crippen molar-refractivity contribution in [3.8, 4) is 0 Å². The fraction of sp³-hybridized carbons (Fsp3) is 0.545. The van der Waals surface area contributed by atoms with E-state index >= 15 is 0 Å². The van der Waals surface area contributed by atoms with Gasteiger partial charge in [-0.3, -0.25) is 4.79 Å². The number of H-pyrrole nitrogens is 1. The first-order chi connectivity index (χ1) is 8.08. The minimum absolute atomic E-state index is 0.266. The van der Waals surface area contributed by atoms with Crippen LogP contribution in [0.15, 0.2) is 17.2 Å². The molecule has 0 bridgehead atoms. The molecule has 92 valence electrons. The Morgan fingerprint density at radius 3 is 3.06 bits per heavy atom. The van der Waals surface area contributed by atoms with Gasteiger partial charge in [0.15, 0.2) is 0 Å². The second-order valence-electron chi connectivity index (χ2n) is 4.45. The van der Waals surface area contributed by atoms with E-state index in [1.165, 1.54) is 12.4 Å². The van der Waals surface area contributed by atoms with Crippen LogP contribution in [0.1, 0.15) is 19.8 Å². The van der Waals surface area contributed by atoms with Gasteiger partial charge in [-0.1, -0.05) is 6.92 Å². The van der Waals surface area contributed by atoms with E-state index in [2.05, 4.69) is 9.97 Å². The average Bonchev–Trinajstić information content (AvgIpc) is 2.28. The SMILES string of the molecule is CC1CCN(c2cc(=O)[nH]cn2)C(C(=O)O)C1. The smallest absolute Gasteiger partial charge is 0.326 e. The van der Waals surface area contributed by atoms with Gasteiger partial charge in [-0.25, -0.2) is 9.78 Å². The standard InChI is InChI=1S/C11H15N3O3/c1-7-2-3-14(8(4-7)11(16)17)9-5-10(15)13-6-12-9/h5-8H,2-4H2,1H3,(H,16,17)(H,12,13,15). The van der Waals surface area contributed by atoms with E-state index in [1.807, 2.05) is 6.92 Å². The van der Waals surface area contributed by atoms with Crippen LogP contribution in [0.25, 0.3) is 0 Å². The molecule has 2 rings (SSSR count). The van der Waals surface area contributed by atoms with Gasteiger partial charge in [0, 0.05) is 12.6 Å². The van der Waals surface area contributed by atoms with Crippen molar-refractivity contribution < 1.29 is 9.90 Å². The highest BCUT2D eigenvalue weighted by Gasteiger charge is 2.32. The number of carboxylic acids is 1. The number of nitrogens with zero attached hydrogens (tertiary/aromatic N) is 2. The summed E-state index contributed by atoms with van der Waals surface area (Å²) < 4.78 is 0. The van der Waals surface area contributed by atoms with Gasteiger partial charge in [0.2, 0.25) is 0 Å². The molecule has 2 atom stereocenters. The van der Waals surface area contributed by atoms with Gasteiger partial charge < -0.3 is 15.0 Å². The molecular weight excluding hydrogens is 222 g/mol. The average molecular weight is 237 g/mol. The number of piperidine rings is 1. The molecule has 0 amide bonds. The fourth-order valence-electron chi connectivity index (χ4n) is 2.17. The number of aliphatic carboxylic acids is 1. The molecule has 0 saturated carbocycles. The van der Waals surface area contributed by atoms with Crippen LogP contribution in [0.5, 0.6) is 0 Å². The summed E-state index contributed by atoms with van der Waals surface area (Å²) in [4.78, 5) is 30.6. The molecule has 6 nitrogen and oxygen atoms in total. The minimum atomic E-state index is -0.862. The van der Waals surface area contributed by atoms with Crippen molar-refractivity contribution in [3.05, 3.63) is 22.7 Å². The number of nitrogens with one attached hydrogen (secondary N) is 1. The lowest BCUT2D eigenvalue weighted by Crippen LogP contribution is -2.47.